The number of thioether (sulfide) groups is 1. The molecule has 0 radical (unpaired) electrons. The van der Waals surface area contributed by atoms with Crippen molar-refractivity contribution in [2.75, 3.05) is 38.2 Å². The molecule has 4 nitrogen and oxygen atoms in total. The molecular formula is C12H23ClF3N3OS. The van der Waals surface area contributed by atoms with E-state index in [0.29, 0.717) is 32.5 Å². The van der Waals surface area contributed by atoms with Gasteiger partial charge >= 0.3 is 6.18 Å². The van der Waals surface area contributed by atoms with E-state index in [4.69, 9.17) is 5.73 Å². The number of halogens is 4. The maximum Gasteiger partial charge on any atom is 0.401 e. The lowest BCUT2D eigenvalue weighted by molar-refractivity contribution is -0.143. The third kappa shape index (κ3) is 8.75. The van der Waals surface area contributed by atoms with Gasteiger partial charge in [0.2, 0.25) is 5.91 Å². The summed E-state index contributed by atoms with van der Waals surface area (Å²) in [6.07, 6.45) is -0.926. The quantitative estimate of drug-likeness (QED) is 0.731. The molecule has 1 amide bonds. The summed E-state index contributed by atoms with van der Waals surface area (Å²) < 4.78 is 36.7. The van der Waals surface area contributed by atoms with E-state index in [1.807, 2.05) is 6.26 Å². The molecule has 1 fully saturated rings. The Balaban J connectivity index is 0.00000400. The topological polar surface area (TPSA) is 58.4 Å². The predicted molar refractivity (Wildman–Crippen MR) is 81.8 cm³/mol. The van der Waals surface area contributed by atoms with Crippen molar-refractivity contribution in [1.29, 1.82) is 0 Å². The second-order valence-corrected chi connectivity index (χ2v) is 6.12. The lowest BCUT2D eigenvalue weighted by Gasteiger charge is -2.18. The Morgan fingerprint density at radius 1 is 1.52 bits per heavy atom. The average Bonchev–Trinajstić information content (AvgIpc) is 2.78. The van der Waals surface area contributed by atoms with Crippen LogP contribution < -0.4 is 11.1 Å². The van der Waals surface area contributed by atoms with E-state index in [-0.39, 0.29) is 24.2 Å². The first kappa shape index (κ1) is 20.8. The Morgan fingerprint density at radius 2 is 2.19 bits per heavy atom. The molecule has 0 saturated carbocycles. The van der Waals surface area contributed by atoms with Crippen molar-refractivity contribution >= 4 is 30.1 Å². The van der Waals surface area contributed by atoms with Gasteiger partial charge in [0, 0.05) is 13.1 Å². The van der Waals surface area contributed by atoms with Crippen molar-refractivity contribution in [2.24, 2.45) is 11.7 Å². The largest absolute Gasteiger partial charge is 0.401 e. The molecule has 2 atom stereocenters. The highest BCUT2D eigenvalue weighted by molar-refractivity contribution is 7.98. The number of carbonyl (C=O) groups excluding carboxylic acids is 1. The maximum atomic E-state index is 12.2. The van der Waals surface area contributed by atoms with Crippen LogP contribution in [0.25, 0.3) is 0 Å². The van der Waals surface area contributed by atoms with E-state index in [1.54, 1.807) is 11.8 Å². The molecule has 21 heavy (non-hydrogen) atoms. The van der Waals surface area contributed by atoms with Crippen molar-refractivity contribution in [3.63, 3.8) is 0 Å². The van der Waals surface area contributed by atoms with Crippen LogP contribution in [-0.4, -0.2) is 61.2 Å². The summed E-state index contributed by atoms with van der Waals surface area (Å²) in [6, 6.07) is -0.532. The van der Waals surface area contributed by atoms with Gasteiger partial charge in [-0.2, -0.15) is 24.9 Å². The summed E-state index contributed by atoms with van der Waals surface area (Å²) in [5.41, 5.74) is 5.71. The Bertz CT molecular complexity index is 321. The summed E-state index contributed by atoms with van der Waals surface area (Å²) >= 11 is 1.62. The van der Waals surface area contributed by atoms with Crippen molar-refractivity contribution in [3.8, 4) is 0 Å². The lowest BCUT2D eigenvalue weighted by Crippen LogP contribution is -2.43. The van der Waals surface area contributed by atoms with Crippen LogP contribution >= 0.6 is 24.2 Å². The van der Waals surface area contributed by atoms with Crippen LogP contribution in [0.1, 0.15) is 12.8 Å². The van der Waals surface area contributed by atoms with E-state index >= 15 is 0 Å². The Kier molecular flexibility index (Phi) is 9.68. The zero-order chi connectivity index (χ0) is 15.2. The van der Waals surface area contributed by atoms with Gasteiger partial charge in [-0.3, -0.25) is 9.69 Å². The maximum absolute atomic E-state index is 12.2. The summed E-state index contributed by atoms with van der Waals surface area (Å²) in [6.45, 7) is 0.337. The number of rotatable bonds is 7. The van der Waals surface area contributed by atoms with Crippen molar-refractivity contribution in [3.05, 3.63) is 0 Å². The fourth-order valence-corrected chi connectivity index (χ4v) is 2.72. The van der Waals surface area contributed by atoms with Crippen LogP contribution in [0.5, 0.6) is 0 Å². The molecule has 1 saturated heterocycles. The molecule has 0 aliphatic carbocycles. The van der Waals surface area contributed by atoms with Crippen LogP contribution in [0.4, 0.5) is 13.2 Å². The van der Waals surface area contributed by atoms with E-state index in [0.717, 1.165) is 5.75 Å². The highest BCUT2D eigenvalue weighted by Gasteiger charge is 2.34. The van der Waals surface area contributed by atoms with E-state index in [2.05, 4.69) is 5.32 Å². The van der Waals surface area contributed by atoms with Crippen molar-refractivity contribution in [1.82, 2.24) is 10.2 Å². The number of nitrogens with zero attached hydrogens (tertiary/aromatic N) is 1. The number of nitrogens with one attached hydrogen (secondary N) is 1. The highest BCUT2D eigenvalue weighted by Crippen LogP contribution is 2.22. The average molecular weight is 350 g/mol. The molecule has 0 spiro atoms. The molecule has 1 unspecified atom stereocenters. The number of carbonyl (C=O) groups is 1. The molecule has 1 heterocycles. The van der Waals surface area contributed by atoms with Crippen LogP contribution in [0.15, 0.2) is 0 Å². The summed E-state index contributed by atoms with van der Waals surface area (Å²) in [7, 11) is 0. The first-order valence-electron chi connectivity index (χ1n) is 6.63. The van der Waals surface area contributed by atoms with Gasteiger partial charge in [0.1, 0.15) is 0 Å². The van der Waals surface area contributed by atoms with Gasteiger partial charge in [-0.15, -0.1) is 12.4 Å². The molecule has 1 rings (SSSR count). The van der Waals surface area contributed by atoms with Gasteiger partial charge < -0.3 is 11.1 Å². The molecule has 126 valence electrons. The smallest absolute Gasteiger partial charge is 0.354 e. The number of nitrogens with two attached hydrogens (primary N) is 1. The SMILES string of the molecule is CSCC[C@H](N)C(=O)NCC1CCN(CC(F)(F)F)C1.Cl. The summed E-state index contributed by atoms with van der Waals surface area (Å²) in [5, 5.41) is 2.74. The van der Waals surface area contributed by atoms with Crippen LogP contribution in [0.3, 0.4) is 0 Å². The first-order chi connectivity index (χ1) is 9.31. The fraction of sp³-hybridized carbons (Fsp3) is 0.917. The number of likely N-dealkylation sites (tertiary alicyclic amines) is 1. The number of hydrogen-bond acceptors (Lipinski definition) is 4. The van der Waals surface area contributed by atoms with Gasteiger partial charge in [-0.25, -0.2) is 0 Å². The third-order valence-corrected chi connectivity index (χ3v) is 3.95. The number of amides is 1. The Morgan fingerprint density at radius 3 is 2.76 bits per heavy atom. The Labute approximate surface area is 133 Å². The van der Waals surface area contributed by atoms with Gasteiger partial charge in [0.15, 0.2) is 0 Å². The monoisotopic (exact) mass is 349 g/mol. The minimum absolute atomic E-state index is 0. The van der Waals surface area contributed by atoms with E-state index < -0.39 is 18.8 Å². The predicted octanol–water partition coefficient (Wildman–Crippen LogP) is 1.49. The summed E-state index contributed by atoms with van der Waals surface area (Å²) in [4.78, 5) is 13.1. The minimum atomic E-state index is -4.15. The van der Waals surface area contributed by atoms with Crippen molar-refractivity contribution in [2.45, 2.75) is 25.1 Å². The van der Waals surface area contributed by atoms with Crippen molar-refractivity contribution < 1.29 is 18.0 Å². The molecule has 0 aromatic rings. The normalized spacial score (nSPS) is 20.9. The molecule has 0 aromatic carbocycles. The van der Waals surface area contributed by atoms with Gasteiger partial charge in [0.25, 0.3) is 0 Å². The molecule has 9 heteroatoms. The lowest BCUT2D eigenvalue weighted by atomic mass is 10.1. The molecule has 0 bridgehead atoms. The first-order valence-corrected chi connectivity index (χ1v) is 8.02. The third-order valence-electron chi connectivity index (χ3n) is 3.31. The van der Waals surface area contributed by atoms with Gasteiger partial charge in [-0.05, 0) is 37.3 Å². The highest BCUT2D eigenvalue weighted by atomic mass is 35.5. The van der Waals surface area contributed by atoms with E-state index in [9.17, 15) is 18.0 Å². The van der Waals surface area contributed by atoms with Gasteiger partial charge in [0.05, 0.1) is 12.6 Å². The molecule has 0 aromatic heterocycles. The van der Waals surface area contributed by atoms with Crippen LogP contribution in [-0.2, 0) is 4.79 Å². The fourth-order valence-electron chi connectivity index (χ4n) is 2.23. The number of alkyl halides is 3. The number of hydrogen-bond donors (Lipinski definition) is 2. The molecular weight excluding hydrogens is 327 g/mol. The summed E-state index contributed by atoms with van der Waals surface area (Å²) in [5.74, 6) is 0.680. The van der Waals surface area contributed by atoms with E-state index in [1.165, 1.54) is 4.90 Å². The van der Waals surface area contributed by atoms with Gasteiger partial charge in [-0.1, -0.05) is 0 Å². The zero-order valence-corrected chi connectivity index (χ0v) is 13.6. The Hall–Kier alpha value is -0.180. The molecule has 1 aliphatic rings. The van der Waals surface area contributed by atoms with Crippen LogP contribution in [0.2, 0.25) is 0 Å². The second-order valence-electron chi connectivity index (χ2n) is 5.14. The second kappa shape index (κ2) is 9.76. The zero-order valence-electron chi connectivity index (χ0n) is 12.0. The molecule has 1 aliphatic heterocycles. The molecule has 3 N–H and O–H groups in total. The minimum Gasteiger partial charge on any atom is -0.354 e. The van der Waals surface area contributed by atoms with Crippen LogP contribution in [0, 0.1) is 5.92 Å². The standard InChI is InChI=1S/C12H22F3N3OS.ClH/c1-20-5-3-10(16)11(19)17-6-9-2-4-18(7-9)8-12(13,14)15;/h9-10H,2-8,16H2,1H3,(H,17,19);1H/t9?,10-;/m0./s1.